The van der Waals surface area contributed by atoms with Crippen LogP contribution in [0.15, 0.2) is 158 Å². The highest BCUT2D eigenvalue weighted by Crippen LogP contribution is 2.43. The van der Waals surface area contributed by atoms with Crippen LogP contribution in [0.2, 0.25) is 0 Å². The minimum Gasteiger partial charge on any atom is -0.461 e. The summed E-state index contributed by atoms with van der Waals surface area (Å²) in [4.78, 5) is 35.0. The van der Waals surface area contributed by atoms with Crippen molar-refractivity contribution in [3.63, 3.8) is 0 Å². The third-order valence-electron chi connectivity index (χ3n) is 11.4. The first-order valence-corrected chi connectivity index (χ1v) is 30.5. The molecule has 9 nitrogen and oxygen atoms in total. The first kappa shape index (κ1) is 70.6. The summed E-state index contributed by atoms with van der Waals surface area (Å²) in [7, 11) is -4.41. The Labute approximate surface area is 458 Å². The molecule has 75 heavy (non-hydrogen) atoms. The average molecular weight is 1060 g/mol. The van der Waals surface area contributed by atoms with E-state index in [4.69, 9.17) is 24.3 Å². The van der Waals surface area contributed by atoms with Gasteiger partial charge in [-0.25, -0.2) is 4.57 Å². The Hall–Kier alpha value is -4.37. The van der Waals surface area contributed by atoms with Crippen LogP contribution in [-0.4, -0.2) is 49.3 Å². The van der Waals surface area contributed by atoms with E-state index in [2.05, 4.69) is 154 Å². The number of carbonyl (C=O) groups excluding carboxylic acids is 2. The first-order valence-electron chi connectivity index (χ1n) is 29.0. The lowest BCUT2D eigenvalue weighted by atomic mass is 10.0. The van der Waals surface area contributed by atoms with Crippen molar-refractivity contribution in [3.05, 3.63) is 158 Å². The molecule has 0 fully saturated rings. The largest absolute Gasteiger partial charge is 0.472 e. The summed E-state index contributed by atoms with van der Waals surface area (Å²) in [5.41, 5.74) is 5.37. The molecule has 0 aliphatic carbocycles. The van der Waals surface area contributed by atoms with Crippen LogP contribution in [-0.2, 0) is 32.7 Å². The summed E-state index contributed by atoms with van der Waals surface area (Å²) in [5.74, 6) is -0.986. The summed E-state index contributed by atoms with van der Waals surface area (Å²) in [5, 5.41) is 0. The van der Waals surface area contributed by atoms with Gasteiger partial charge in [0, 0.05) is 13.0 Å². The van der Waals surface area contributed by atoms with E-state index in [0.29, 0.717) is 12.8 Å². The zero-order chi connectivity index (χ0) is 54.5. The third kappa shape index (κ3) is 58.7. The molecular formula is C65H104NO8P. The number of hydrogen-bond acceptors (Lipinski definition) is 8. The second kappa shape index (κ2) is 58.9. The van der Waals surface area contributed by atoms with Gasteiger partial charge in [0.2, 0.25) is 0 Å². The molecule has 10 heteroatoms. The zero-order valence-corrected chi connectivity index (χ0v) is 47.9. The van der Waals surface area contributed by atoms with E-state index in [0.717, 1.165) is 96.3 Å². The molecule has 422 valence electrons. The quantitative estimate of drug-likeness (QED) is 0.0264. The lowest BCUT2D eigenvalue weighted by Crippen LogP contribution is -2.29. The molecule has 2 atom stereocenters. The van der Waals surface area contributed by atoms with Gasteiger partial charge in [0.15, 0.2) is 6.10 Å². The lowest BCUT2D eigenvalue weighted by molar-refractivity contribution is -0.160. The van der Waals surface area contributed by atoms with Crippen LogP contribution >= 0.6 is 7.82 Å². The number of allylic oxidation sites excluding steroid dienone is 25. The molecule has 0 aliphatic rings. The standard InChI is InChI=1S/C65H104NO8P/c1-3-5-7-9-11-13-15-17-19-20-21-22-23-24-25-26-27-28-29-30-31-32-33-34-35-36-37-38-39-40-41-42-44-46-48-50-52-54-56-58-65(68)74-63(62-73-75(69,70)72-60-59-66)61-71-64(67)57-55-53-51-49-47-45-43-18-16-14-12-10-8-6-4-2/h5-8,11-14,17-19,21-22,24-25,27-28,30-31,33-34,43,47,49,53,55,63H,3-4,9-10,15-16,20,23,26,29,32,35-42,44-46,48,50-52,54,56-62,66H2,1-2H3,(H,69,70)/b7-5-,8-6-,13-11-,14-12-,19-17-,22-21-,25-24-,28-27-,31-30-,34-33-,43-18-,49-47-,55-53-. The van der Waals surface area contributed by atoms with Gasteiger partial charge in [-0.1, -0.05) is 249 Å². The Bertz CT molecular complexity index is 1780. The minimum absolute atomic E-state index is 0.0347. The molecular weight excluding hydrogens is 954 g/mol. The van der Waals surface area contributed by atoms with Crippen molar-refractivity contribution in [2.75, 3.05) is 26.4 Å². The maximum atomic E-state index is 12.7. The van der Waals surface area contributed by atoms with Gasteiger partial charge in [-0.2, -0.15) is 0 Å². The minimum atomic E-state index is -4.41. The van der Waals surface area contributed by atoms with Gasteiger partial charge in [0.1, 0.15) is 6.61 Å². The SMILES string of the molecule is CC/C=C\C/C=C\C/C=C\C/C=C\C/C=C\C/C=C\C/C=C\C/C=C\CCCCCCCCCCCCCCCCC(=O)OC(COC(=O)C/C=C\C/C=C\C/C=C\C/C=C\C/C=C\CC)COP(=O)(O)OCCN. The summed E-state index contributed by atoms with van der Waals surface area (Å²) < 4.78 is 32.8. The van der Waals surface area contributed by atoms with Crippen LogP contribution in [0.25, 0.3) is 0 Å². The van der Waals surface area contributed by atoms with Crippen LogP contribution in [0, 0.1) is 0 Å². The molecule has 0 saturated heterocycles. The van der Waals surface area contributed by atoms with Gasteiger partial charge in [0.25, 0.3) is 0 Å². The maximum Gasteiger partial charge on any atom is 0.472 e. The molecule has 0 amide bonds. The predicted octanol–water partition coefficient (Wildman–Crippen LogP) is 18.5. The van der Waals surface area contributed by atoms with Crippen LogP contribution in [0.3, 0.4) is 0 Å². The summed E-state index contributed by atoms with van der Waals surface area (Å²) >= 11 is 0. The van der Waals surface area contributed by atoms with Crippen molar-refractivity contribution in [3.8, 4) is 0 Å². The van der Waals surface area contributed by atoms with Crippen molar-refractivity contribution >= 4 is 19.8 Å². The van der Waals surface area contributed by atoms with Gasteiger partial charge in [-0.15, -0.1) is 0 Å². The number of phosphoric acid groups is 1. The fourth-order valence-corrected chi connectivity index (χ4v) is 8.02. The molecule has 0 saturated carbocycles. The smallest absolute Gasteiger partial charge is 0.461 e. The molecule has 0 rings (SSSR count). The predicted molar refractivity (Wildman–Crippen MR) is 320 cm³/mol. The van der Waals surface area contributed by atoms with Crippen LogP contribution in [0.5, 0.6) is 0 Å². The molecule has 0 spiro atoms. The molecule has 0 aromatic heterocycles. The molecule has 3 N–H and O–H groups in total. The monoisotopic (exact) mass is 1060 g/mol. The maximum absolute atomic E-state index is 12.7. The number of carbonyl (C=O) groups is 2. The summed E-state index contributed by atoms with van der Waals surface area (Å²) in [6.07, 6.45) is 86.3. The Kier molecular flexibility index (Phi) is 55.5. The van der Waals surface area contributed by atoms with E-state index in [1.165, 1.54) is 70.6 Å². The molecule has 0 bridgehead atoms. The van der Waals surface area contributed by atoms with Gasteiger partial charge >= 0.3 is 19.8 Å². The topological polar surface area (TPSA) is 134 Å². The highest BCUT2D eigenvalue weighted by atomic mass is 31.2. The molecule has 0 radical (unpaired) electrons. The number of hydrogen-bond donors (Lipinski definition) is 2. The van der Waals surface area contributed by atoms with Gasteiger partial charge in [-0.3, -0.25) is 18.6 Å². The van der Waals surface area contributed by atoms with Crippen LogP contribution < -0.4 is 5.73 Å². The highest BCUT2D eigenvalue weighted by Gasteiger charge is 2.26. The van der Waals surface area contributed by atoms with Crippen molar-refractivity contribution in [2.45, 2.75) is 213 Å². The highest BCUT2D eigenvalue weighted by molar-refractivity contribution is 7.47. The number of ether oxygens (including phenoxy) is 2. The van der Waals surface area contributed by atoms with E-state index in [-0.39, 0.29) is 32.6 Å². The van der Waals surface area contributed by atoms with E-state index >= 15 is 0 Å². The average Bonchev–Trinajstić information content (AvgIpc) is 3.40. The van der Waals surface area contributed by atoms with Crippen molar-refractivity contribution in [2.24, 2.45) is 5.73 Å². The van der Waals surface area contributed by atoms with E-state index in [1.807, 2.05) is 12.2 Å². The van der Waals surface area contributed by atoms with Crippen molar-refractivity contribution in [1.82, 2.24) is 0 Å². The Morgan fingerprint density at radius 2 is 0.733 bits per heavy atom. The molecule has 2 unspecified atom stereocenters. The number of rotatable bonds is 52. The van der Waals surface area contributed by atoms with Gasteiger partial charge < -0.3 is 20.1 Å². The molecule has 0 aromatic carbocycles. The third-order valence-corrected chi connectivity index (χ3v) is 12.4. The van der Waals surface area contributed by atoms with Crippen molar-refractivity contribution < 1.29 is 37.6 Å². The fraction of sp³-hybridized carbons (Fsp3) is 0.569. The Morgan fingerprint density at radius 1 is 0.413 bits per heavy atom. The number of phosphoric ester groups is 1. The Balaban J connectivity index is 3.97. The summed E-state index contributed by atoms with van der Waals surface area (Å²) in [6.45, 7) is 3.37. The first-order chi connectivity index (χ1) is 36.8. The number of nitrogens with two attached hydrogens (primary N) is 1. The van der Waals surface area contributed by atoms with E-state index < -0.39 is 32.5 Å². The second-order valence-electron chi connectivity index (χ2n) is 18.4. The molecule has 0 aliphatic heterocycles. The normalized spacial score (nSPS) is 14.2. The van der Waals surface area contributed by atoms with Gasteiger partial charge in [-0.05, 0) is 103 Å². The van der Waals surface area contributed by atoms with E-state index in [1.54, 1.807) is 6.08 Å². The lowest BCUT2D eigenvalue weighted by Gasteiger charge is -2.19. The van der Waals surface area contributed by atoms with Crippen molar-refractivity contribution in [1.29, 1.82) is 0 Å². The second-order valence-corrected chi connectivity index (χ2v) is 19.9. The number of unbranched alkanes of at least 4 members (excludes halogenated alkanes) is 14. The van der Waals surface area contributed by atoms with E-state index in [9.17, 15) is 19.0 Å². The Morgan fingerprint density at radius 3 is 1.09 bits per heavy atom. The zero-order valence-electron chi connectivity index (χ0n) is 47.0. The fourth-order valence-electron chi connectivity index (χ4n) is 7.25. The van der Waals surface area contributed by atoms with Crippen LogP contribution in [0.4, 0.5) is 0 Å². The van der Waals surface area contributed by atoms with Gasteiger partial charge in [0.05, 0.1) is 19.6 Å². The van der Waals surface area contributed by atoms with Crippen LogP contribution in [0.1, 0.15) is 206 Å². The molecule has 0 heterocycles. The number of esters is 2. The molecule has 0 aromatic rings. The summed E-state index contributed by atoms with van der Waals surface area (Å²) in [6, 6.07) is 0.